The van der Waals surface area contributed by atoms with Crippen LogP contribution in [0.5, 0.6) is 69.0 Å². The number of phenolic OH excluding ortho intramolecular Hbond substituents is 6. The van der Waals surface area contributed by atoms with E-state index in [-0.39, 0.29) is 135 Å². The number of unbranched alkanes of at least 4 members (excludes halogenated alkanes) is 1. The average molecular weight is 1510 g/mol. The highest BCUT2D eigenvalue weighted by Gasteiger charge is 2.42. The van der Waals surface area contributed by atoms with Crippen LogP contribution in [0.4, 0.5) is 0 Å². The summed E-state index contributed by atoms with van der Waals surface area (Å²) in [5.74, 6) is -13.8. The third-order valence-corrected chi connectivity index (χ3v) is 20.1. The summed E-state index contributed by atoms with van der Waals surface area (Å²) in [6.45, 7) is 3.48. The SMILES string of the molecule is CCCCc1ccc(CNCC(=O)N2CCN(Cc3c(O)cc4c(c3O)-c3cc(ccc3O)[C@H]3NC(=O)[C@@H]5NC(=O)[C@H]6NC(=O)[C@@H](Cc7ccc(c(Cl)c7)Oc7cc5cc(c7O)Oc5ccc(cc5Cl)[C@@H](O)[C@H](NC3=O)C(=O)N[C@@H]4C(=O)NC)NC(=O)[C@H](N)c3ccc(O)c(c3)Oc3cc(O)cc6c3)CC2)cc1. The number of rotatable bonds is 10. The van der Waals surface area contributed by atoms with Crippen molar-refractivity contribution in [2.75, 3.05) is 39.8 Å². The van der Waals surface area contributed by atoms with Crippen molar-refractivity contribution in [1.29, 1.82) is 0 Å². The fourth-order valence-electron chi connectivity index (χ4n) is 13.6. The van der Waals surface area contributed by atoms with Gasteiger partial charge in [-0.05, 0) is 142 Å². The molecule has 8 amide bonds. The van der Waals surface area contributed by atoms with Crippen molar-refractivity contribution in [3.63, 3.8) is 0 Å². The number of nitrogens with zero attached hydrogens (tertiary/aromatic N) is 2. The number of hydrogen-bond acceptors (Lipinski definition) is 21. The molecule has 1 fully saturated rings. The van der Waals surface area contributed by atoms with Crippen molar-refractivity contribution in [2.45, 2.75) is 94.1 Å². The Bertz CT molecular complexity index is 4940. The number of nitrogens with two attached hydrogens (primary N) is 1. The van der Waals surface area contributed by atoms with Gasteiger partial charge in [0.2, 0.25) is 53.0 Å². The molecule has 0 spiro atoms. The molecule has 7 heterocycles. The number of phenols is 6. The Kier molecular flexibility index (Phi) is 21.6. The largest absolute Gasteiger partial charge is 0.508 e. The van der Waals surface area contributed by atoms with Gasteiger partial charge in [0.15, 0.2) is 23.0 Å². The number of fused-ring (bicyclic) bond motifs is 14. The maximum absolute atomic E-state index is 16.1. The third kappa shape index (κ3) is 15.7. The lowest BCUT2D eigenvalue weighted by molar-refractivity contribution is -0.137. The molecule has 7 aliphatic rings. The van der Waals surface area contributed by atoms with Crippen LogP contribution in [0.2, 0.25) is 10.0 Å². The standard InChI is InChI=1S/C77H75Cl2N11O18/c1-3-4-5-36-6-8-37(9-7-36)33-82-34-60(95)90-20-18-89(19-21-90)35-48-54(94)32-47-61(69(48)97)46-26-40(12-14-52(46)92)63-74(102)88-67(77(105)87-66(47)73(101)81-2)68(96)41-13-17-56(50(79)27-41)108-59-30-43-29-58(70(59)98)107-55-16-10-38(22-49(55)78)23-51-71(99)84-64(75(103)86-65(43)76(104)85-63)42-24-44(91)31-45(25-42)106-57-28-39(11-15-53(57)93)62(80)72(100)83-51/h6-17,22,24-32,51,62-68,82,91-94,96-98H,3-5,18-21,23,33-35,80H2,1-2H3,(H,81,101)(H,83,100)(H,84,99)(H,85,104)(H,86,103)(H,87,105)(H,88,102)/t51-,62-,63-,64+,65-,66+,67+,68-/m1/s1. The first-order chi connectivity index (χ1) is 51.8. The lowest BCUT2D eigenvalue weighted by Crippen LogP contribution is -2.55. The predicted molar refractivity (Wildman–Crippen MR) is 390 cm³/mol. The van der Waals surface area contributed by atoms with Crippen LogP contribution in [-0.2, 0) is 64.3 Å². The quantitative estimate of drug-likeness (QED) is 0.0702. The van der Waals surface area contributed by atoms with E-state index in [2.05, 4.69) is 61.6 Å². The number of piperazine rings is 1. The number of aromatic hydroxyl groups is 6. The number of ether oxygens (including phenoxy) is 3. The zero-order valence-electron chi connectivity index (χ0n) is 57.9. The first kappa shape index (κ1) is 74.4. The Morgan fingerprint density at radius 1 is 0.565 bits per heavy atom. The van der Waals surface area contributed by atoms with Gasteiger partial charge < -0.3 is 103 Å². The number of aryl methyl sites for hydroxylation is 1. The zero-order chi connectivity index (χ0) is 76.5. The summed E-state index contributed by atoms with van der Waals surface area (Å²) in [7, 11) is 1.23. The Balaban J connectivity index is 0.923. The van der Waals surface area contributed by atoms with Crippen LogP contribution in [0.25, 0.3) is 11.1 Å². The monoisotopic (exact) mass is 1510 g/mol. The van der Waals surface area contributed by atoms with Crippen molar-refractivity contribution in [3.8, 4) is 80.1 Å². The molecule has 0 aliphatic carbocycles. The Morgan fingerprint density at radius 3 is 1.85 bits per heavy atom. The highest BCUT2D eigenvalue weighted by molar-refractivity contribution is 6.32. The van der Waals surface area contributed by atoms with Crippen LogP contribution >= 0.6 is 23.2 Å². The smallest absolute Gasteiger partial charge is 0.248 e. The normalized spacial score (nSPS) is 20.9. The van der Waals surface area contributed by atoms with E-state index in [1.165, 1.54) is 79.3 Å². The molecule has 0 radical (unpaired) electrons. The summed E-state index contributed by atoms with van der Waals surface area (Å²) < 4.78 is 18.7. The maximum atomic E-state index is 16.1. The molecule has 560 valence electrons. The summed E-state index contributed by atoms with van der Waals surface area (Å²) in [5.41, 5.74) is 7.01. The molecular weight excluding hydrogens is 1440 g/mol. The Labute approximate surface area is 626 Å². The van der Waals surface area contributed by atoms with E-state index in [0.29, 0.717) is 12.1 Å². The van der Waals surface area contributed by atoms with E-state index >= 15 is 24.0 Å². The molecule has 17 bridgehead atoms. The van der Waals surface area contributed by atoms with Crippen LogP contribution in [0.3, 0.4) is 0 Å². The molecule has 31 heteroatoms. The van der Waals surface area contributed by atoms with Crippen LogP contribution < -0.4 is 62.5 Å². The van der Waals surface area contributed by atoms with Gasteiger partial charge in [-0.15, -0.1) is 0 Å². The van der Waals surface area contributed by atoms with Gasteiger partial charge >= 0.3 is 0 Å². The molecular formula is C77H75Cl2N11O18. The molecule has 8 atom stereocenters. The van der Waals surface area contributed by atoms with Gasteiger partial charge in [-0.3, -0.25) is 43.3 Å². The molecule has 17 N–H and O–H groups in total. The van der Waals surface area contributed by atoms with E-state index in [1.807, 2.05) is 17.0 Å². The predicted octanol–water partition coefficient (Wildman–Crippen LogP) is 6.42. The number of benzene rings is 8. The highest BCUT2D eigenvalue weighted by atomic mass is 35.5. The minimum Gasteiger partial charge on any atom is -0.508 e. The lowest BCUT2D eigenvalue weighted by Gasteiger charge is -2.35. The van der Waals surface area contributed by atoms with Crippen molar-refractivity contribution in [1.82, 2.24) is 52.3 Å². The van der Waals surface area contributed by atoms with E-state index in [0.717, 1.165) is 67.3 Å². The minimum absolute atomic E-state index is 0.0582. The molecule has 8 aromatic rings. The number of carbonyl (C=O) groups excluding carboxylic acids is 8. The zero-order valence-corrected chi connectivity index (χ0v) is 59.5. The van der Waals surface area contributed by atoms with E-state index in [1.54, 1.807) is 4.90 Å². The second kappa shape index (κ2) is 31.3. The second-order valence-electron chi connectivity index (χ2n) is 26.8. The van der Waals surface area contributed by atoms with Gasteiger partial charge in [-0.25, -0.2) is 0 Å². The van der Waals surface area contributed by atoms with Crippen LogP contribution in [0.1, 0.15) is 112 Å². The van der Waals surface area contributed by atoms with Crippen LogP contribution in [0, 0.1) is 0 Å². The number of halogens is 2. The third-order valence-electron chi connectivity index (χ3n) is 19.5. The fourth-order valence-corrected chi connectivity index (χ4v) is 14.1. The highest BCUT2D eigenvalue weighted by Crippen LogP contribution is 2.50. The Morgan fingerprint density at radius 2 is 1.18 bits per heavy atom. The number of likely N-dealkylation sites (N-methyl/N-ethyl adjacent to an activating group) is 1. The minimum atomic E-state index is -2.19. The van der Waals surface area contributed by atoms with Crippen molar-refractivity contribution in [3.05, 3.63) is 199 Å². The number of amides is 8. The van der Waals surface area contributed by atoms with Crippen molar-refractivity contribution >= 4 is 70.5 Å². The Hall–Kier alpha value is -11.9. The summed E-state index contributed by atoms with van der Waals surface area (Å²) in [6.07, 6.45) is 0.691. The number of nitrogens with one attached hydrogen (secondary N) is 8. The summed E-state index contributed by atoms with van der Waals surface area (Å²) in [6, 6.07) is 16.5. The number of aliphatic hydroxyl groups is 1. The summed E-state index contributed by atoms with van der Waals surface area (Å²) in [4.78, 5) is 124. The molecule has 7 aliphatic heterocycles. The maximum Gasteiger partial charge on any atom is 0.248 e. The van der Waals surface area contributed by atoms with Gasteiger partial charge in [-0.1, -0.05) is 85.1 Å². The molecule has 29 nitrogen and oxygen atoms in total. The number of aliphatic hydroxyl groups excluding tert-OH is 1. The molecule has 0 unspecified atom stereocenters. The van der Waals surface area contributed by atoms with Crippen LogP contribution in [0.15, 0.2) is 133 Å². The lowest BCUT2D eigenvalue weighted by atomic mass is 9.87. The van der Waals surface area contributed by atoms with Gasteiger partial charge in [0, 0.05) is 69.9 Å². The number of hydrogen-bond donors (Lipinski definition) is 16. The van der Waals surface area contributed by atoms with E-state index in [9.17, 15) is 50.1 Å². The van der Waals surface area contributed by atoms with Crippen LogP contribution in [-0.4, -0.2) is 145 Å². The van der Waals surface area contributed by atoms with Crippen molar-refractivity contribution < 1.29 is 88.3 Å². The van der Waals surface area contributed by atoms with Gasteiger partial charge in [0.25, 0.3) is 0 Å². The van der Waals surface area contributed by atoms with Gasteiger partial charge in [-0.2, -0.15) is 0 Å². The van der Waals surface area contributed by atoms with E-state index < -0.39 is 136 Å². The first-order valence-electron chi connectivity index (χ1n) is 34.6. The summed E-state index contributed by atoms with van der Waals surface area (Å²) in [5, 5.41) is 105. The van der Waals surface area contributed by atoms with E-state index in [4.69, 9.17) is 43.1 Å². The van der Waals surface area contributed by atoms with Gasteiger partial charge in [0.1, 0.15) is 88.6 Å². The first-order valence-corrected chi connectivity index (χ1v) is 35.4. The fraction of sp³-hybridized carbons (Fsp3) is 0.273. The molecule has 108 heavy (non-hydrogen) atoms. The molecule has 15 rings (SSSR count). The molecule has 8 aromatic carbocycles. The molecule has 1 saturated heterocycles. The van der Waals surface area contributed by atoms with Crippen molar-refractivity contribution in [2.24, 2.45) is 5.73 Å². The molecule has 0 aromatic heterocycles. The second-order valence-corrected chi connectivity index (χ2v) is 27.6. The summed E-state index contributed by atoms with van der Waals surface area (Å²) >= 11 is 13.9. The topological polar surface area (TPSA) is 435 Å². The molecule has 0 saturated carbocycles. The number of carbonyl (C=O) groups is 8. The average Bonchev–Trinajstić information content (AvgIpc) is 0.752. The van der Waals surface area contributed by atoms with Gasteiger partial charge in [0.05, 0.1) is 22.2 Å².